The van der Waals surface area contributed by atoms with E-state index in [-0.39, 0.29) is 18.0 Å². The highest BCUT2D eigenvalue weighted by atomic mass is 35.5. The smallest absolute Gasteiger partial charge is 0.327 e. The summed E-state index contributed by atoms with van der Waals surface area (Å²) in [5.74, 6) is -0.247. The number of thiophene rings is 1. The first-order valence-electron chi connectivity index (χ1n) is 9.16. The molecule has 4 aromatic rings. The molecule has 158 valence electrons. The van der Waals surface area contributed by atoms with Gasteiger partial charge in [-0.3, -0.25) is 18.7 Å². The van der Waals surface area contributed by atoms with Crippen molar-refractivity contribution >= 4 is 40.0 Å². The molecule has 4 rings (SSSR count). The molecule has 0 aliphatic carbocycles. The molecule has 1 unspecified atom stereocenters. The van der Waals surface area contributed by atoms with Crippen LogP contribution in [0.3, 0.4) is 0 Å². The summed E-state index contributed by atoms with van der Waals surface area (Å²) >= 11 is 5.73. The standard InChI is InChI=1S/C21H17ClN4O3S2/c1-31(29)21-24-14(12-23-20(28)17-9-10-18(22)30-17)13-26(21)16-7-5-15(6-8-16)25-11-3-2-4-19(25)27/h2-11,13H,12H2,1H3,(H,23,28). The van der Waals surface area contributed by atoms with E-state index in [0.29, 0.717) is 20.1 Å². The largest absolute Gasteiger partial charge is 0.609 e. The fourth-order valence-corrected chi connectivity index (χ4v) is 4.63. The monoisotopic (exact) mass is 472 g/mol. The number of carbonyl (C=O) groups is 1. The molecule has 10 heteroatoms. The van der Waals surface area contributed by atoms with E-state index < -0.39 is 11.2 Å². The van der Waals surface area contributed by atoms with Gasteiger partial charge in [0.25, 0.3) is 11.5 Å². The number of halogens is 1. The van der Waals surface area contributed by atoms with Crippen LogP contribution in [0.4, 0.5) is 0 Å². The number of benzene rings is 1. The quantitative estimate of drug-likeness (QED) is 0.435. The fourth-order valence-electron chi connectivity index (χ4n) is 2.99. The third-order valence-corrected chi connectivity index (χ3v) is 6.47. The Morgan fingerprint density at radius 3 is 2.45 bits per heavy atom. The Bertz CT molecular complexity index is 1280. The predicted octanol–water partition coefficient (Wildman–Crippen LogP) is 3.41. The highest BCUT2D eigenvalue weighted by molar-refractivity contribution is 7.90. The minimum atomic E-state index is -1.34. The topological polar surface area (TPSA) is 92.0 Å². The second kappa shape index (κ2) is 9.11. The maximum atomic E-state index is 12.2. The third-order valence-electron chi connectivity index (χ3n) is 4.44. The zero-order valence-electron chi connectivity index (χ0n) is 16.3. The number of hydrogen-bond donors (Lipinski definition) is 1. The van der Waals surface area contributed by atoms with Crippen LogP contribution in [0, 0.1) is 0 Å². The lowest BCUT2D eigenvalue weighted by atomic mass is 10.2. The van der Waals surface area contributed by atoms with E-state index in [1.54, 1.807) is 59.6 Å². The van der Waals surface area contributed by atoms with Crippen LogP contribution in [-0.4, -0.2) is 30.8 Å². The molecule has 1 aromatic carbocycles. The minimum absolute atomic E-state index is 0.127. The number of aromatic nitrogens is 3. The van der Waals surface area contributed by atoms with Crippen LogP contribution in [0.2, 0.25) is 4.34 Å². The lowest BCUT2D eigenvalue weighted by molar-refractivity contribution is 0.0954. The van der Waals surface area contributed by atoms with Crippen molar-refractivity contribution in [3.63, 3.8) is 0 Å². The summed E-state index contributed by atoms with van der Waals surface area (Å²) < 4.78 is 16.0. The zero-order valence-corrected chi connectivity index (χ0v) is 18.7. The van der Waals surface area contributed by atoms with Gasteiger partial charge in [0.05, 0.1) is 27.1 Å². The average molecular weight is 473 g/mol. The Labute approximate surface area is 190 Å². The number of nitrogens with zero attached hydrogens (tertiary/aromatic N) is 3. The first kappa shape index (κ1) is 21.4. The lowest BCUT2D eigenvalue weighted by Gasteiger charge is -2.09. The van der Waals surface area contributed by atoms with Crippen LogP contribution in [0.25, 0.3) is 11.4 Å². The number of imidazole rings is 1. The van der Waals surface area contributed by atoms with Gasteiger partial charge in [-0.2, -0.15) is 4.98 Å². The predicted molar refractivity (Wildman–Crippen MR) is 122 cm³/mol. The van der Waals surface area contributed by atoms with Crippen molar-refractivity contribution in [2.45, 2.75) is 11.7 Å². The summed E-state index contributed by atoms with van der Waals surface area (Å²) in [6.45, 7) is 0.184. The van der Waals surface area contributed by atoms with Crippen molar-refractivity contribution in [3.8, 4) is 11.4 Å². The van der Waals surface area contributed by atoms with Crippen molar-refractivity contribution in [2.75, 3.05) is 6.26 Å². The van der Waals surface area contributed by atoms with Gasteiger partial charge in [0.1, 0.15) is 6.26 Å². The van der Waals surface area contributed by atoms with Gasteiger partial charge in [0, 0.05) is 35.3 Å². The van der Waals surface area contributed by atoms with Gasteiger partial charge in [-0.05, 0) is 42.5 Å². The third kappa shape index (κ3) is 4.75. The molecule has 3 heterocycles. The Morgan fingerprint density at radius 1 is 1.13 bits per heavy atom. The summed E-state index contributed by atoms with van der Waals surface area (Å²) in [6.07, 6.45) is 4.98. The van der Waals surface area contributed by atoms with Gasteiger partial charge in [-0.25, -0.2) is 0 Å². The molecule has 31 heavy (non-hydrogen) atoms. The SMILES string of the molecule is C[S+]([O-])c1nc(CNC(=O)c2ccc(Cl)s2)cn1-c1ccc(-n2ccccc2=O)cc1. The molecule has 0 saturated carbocycles. The van der Waals surface area contributed by atoms with E-state index in [1.165, 1.54) is 22.0 Å². The zero-order chi connectivity index (χ0) is 22.0. The molecule has 0 radical (unpaired) electrons. The van der Waals surface area contributed by atoms with Crippen molar-refractivity contribution in [1.29, 1.82) is 0 Å². The molecular formula is C21H17ClN4O3S2. The van der Waals surface area contributed by atoms with E-state index >= 15 is 0 Å². The van der Waals surface area contributed by atoms with Crippen LogP contribution in [-0.2, 0) is 17.7 Å². The van der Waals surface area contributed by atoms with E-state index in [2.05, 4.69) is 10.3 Å². The normalized spacial score (nSPS) is 12.0. The lowest BCUT2D eigenvalue weighted by Crippen LogP contribution is -2.22. The van der Waals surface area contributed by atoms with Crippen LogP contribution >= 0.6 is 22.9 Å². The second-order valence-corrected chi connectivity index (χ2v) is 9.54. The van der Waals surface area contributed by atoms with Crippen LogP contribution in [0.5, 0.6) is 0 Å². The molecule has 1 amide bonds. The van der Waals surface area contributed by atoms with Gasteiger partial charge >= 0.3 is 5.16 Å². The Hall–Kier alpha value is -2.85. The van der Waals surface area contributed by atoms with Crippen molar-refractivity contribution in [3.05, 3.63) is 92.3 Å². The van der Waals surface area contributed by atoms with Gasteiger partial charge in [-0.15, -0.1) is 11.3 Å². The minimum Gasteiger partial charge on any atom is -0.609 e. The Morgan fingerprint density at radius 2 is 1.84 bits per heavy atom. The van der Waals surface area contributed by atoms with Crippen LogP contribution in [0.1, 0.15) is 15.4 Å². The molecule has 0 aliphatic heterocycles. The van der Waals surface area contributed by atoms with Crippen molar-refractivity contribution in [1.82, 2.24) is 19.4 Å². The molecule has 0 bridgehead atoms. The molecule has 0 aliphatic rings. The molecule has 0 fully saturated rings. The Kier molecular flexibility index (Phi) is 6.28. The van der Waals surface area contributed by atoms with Crippen molar-refractivity contribution in [2.24, 2.45) is 0 Å². The number of nitrogens with one attached hydrogen (secondary N) is 1. The maximum absolute atomic E-state index is 12.2. The molecule has 0 saturated heterocycles. The number of hydrogen-bond acceptors (Lipinski definition) is 5. The van der Waals surface area contributed by atoms with Gasteiger partial charge in [-0.1, -0.05) is 17.7 Å². The molecule has 1 atom stereocenters. The van der Waals surface area contributed by atoms with E-state index in [1.807, 2.05) is 12.1 Å². The highest BCUT2D eigenvalue weighted by Gasteiger charge is 2.19. The van der Waals surface area contributed by atoms with Crippen molar-refractivity contribution < 1.29 is 9.35 Å². The van der Waals surface area contributed by atoms with Gasteiger partial charge in [0.2, 0.25) is 0 Å². The van der Waals surface area contributed by atoms with Crippen LogP contribution in [0.15, 0.2) is 76.9 Å². The maximum Gasteiger partial charge on any atom is 0.327 e. The first-order valence-corrected chi connectivity index (χ1v) is 11.9. The summed E-state index contributed by atoms with van der Waals surface area (Å²) in [7, 11) is 0. The molecule has 1 N–H and O–H groups in total. The average Bonchev–Trinajstić information content (AvgIpc) is 3.39. The molecule has 3 aromatic heterocycles. The number of carbonyl (C=O) groups excluding carboxylic acids is 1. The Balaban J connectivity index is 1.56. The highest BCUT2D eigenvalue weighted by Crippen LogP contribution is 2.22. The van der Waals surface area contributed by atoms with Crippen LogP contribution < -0.4 is 10.9 Å². The summed E-state index contributed by atoms with van der Waals surface area (Å²) in [5, 5.41) is 3.16. The first-order chi connectivity index (χ1) is 14.9. The molecule has 7 nitrogen and oxygen atoms in total. The van der Waals surface area contributed by atoms with E-state index in [9.17, 15) is 14.1 Å². The summed E-state index contributed by atoms with van der Waals surface area (Å²) in [5.41, 5.74) is 1.91. The summed E-state index contributed by atoms with van der Waals surface area (Å²) in [4.78, 5) is 29.2. The number of rotatable bonds is 6. The van der Waals surface area contributed by atoms with Gasteiger partial charge in [0.15, 0.2) is 0 Å². The number of amides is 1. The molecular weight excluding hydrogens is 456 g/mol. The van der Waals surface area contributed by atoms with Gasteiger partial charge < -0.3 is 9.87 Å². The van der Waals surface area contributed by atoms with E-state index in [0.717, 1.165) is 11.4 Å². The fraction of sp³-hybridized carbons (Fsp3) is 0.0952. The van der Waals surface area contributed by atoms with E-state index in [4.69, 9.17) is 11.6 Å². The summed E-state index contributed by atoms with van der Waals surface area (Å²) in [6, 6.07) is 15.6. The molecule has 0 spiro atoms. The number of pyridine rings is 1. The second-order valence-electron chi connectivity index (χ2n) is 6.55.